The summed E-state index contributed by atoms with van der Waals surface area (Å²) in [6, 6.07) is 1.88. The Hall–Kier alpha value is -1.96. The van der Waals surface area contributed by atoms with Crippen LogP contribution in [-0.4, -0.2) is 10.5 Å². The minimum atomic E-state index is -4.76. The van der Waals surface area contributed by atoms with Gasteiger partial charge in [0.1, 0.15) is 5.82 Å². The monoisotopic (exact) mass is 414 g/mol. The van der Waals surface area contributed by atoms with Crippen molar-refractivity contribution in [2.24, 2.45) is 10.9 Å². The van der Waals surface area contributed by atoms with Gasteiger partial charge in [-0.15, -0.1) is 11.3 Å². The van der Waals surface area contributed by atoms with E-state index >= 15 is 0 Å². The Kier molecular flexibility index (Phi) is 5.29. The van der Waals surface area contributed by atoms with E-state index in [4.69, 9.17) is 0 Å². The molecule has 28 heavy (non-hydrogen) atoms. The molecule has 0 unspecified atom stereocenters. The summed E-state index contributed by atoms with van der Waals surface area (Å²) in [4.78, 5) is 18.0. The van der Waals surface area contributed by atoms with Crippen molar-refractivity contribution in [3.8, 4) is 0 Å². The average molecular weight is 414 g/mol. The second-order valence-corrected chi connectivity index (χ2v) is 9.19. The number of carbonyl (C=O) groups excluding carboxylic acids is 1. The predicted molar refractivity (Wildman–Crippen MR) is 99.8 cm³/mol. The number of thiazole rings is 1. The van der Waals surface area contributed by atoms with E-state index < -0.39 is 29.0 Å². The molecule has 1 saturated carbocycles. The van der Waals surface area contributed by atoms with Gasteiger partial charge >= 0.3 is 6.18 Å². The smallest absolute Gasteiger partial charge is 0.320 e. The molecule has 1 amide bonds. The number of nitrogens with zero attached hydrogens (tertiary/aromatic N) is 2. The number of halogens is 4. The van der Waals surface area contributed by atoms with Gasteiger partial charge in [0.05, 0.1) is 11.1 Å². The molecule has 2 aromatic rings. The van der Waals surface area contributed by atoms with Crippen LogP contribution in [0.15, 0.2) is 23.2 Å². The standard InChI is InChI=1S/C20H22F4N2OS/c1-11-16(19(2,3)4)28-18(26(11)10-12-5-6-12)25-17(27)14-9-13(21)7-8-15(14)20(22,23)24/h7-9,12H,5-6,10H2,1-4H3/b25-18-. The Morgan fingerprint density at radius 2 is 1.89 bits per heavy atom. The van der Waals surface area contributed by atoms with Crippen LogP contribution in [0.1, 0.15) is 60.1 Å². The highest BCUT2D eigenvalue weighted by Crippen LogP contribution is 2.34. The molecule has 0 radical (unpaired) electrons. The zero-order valence-corrected chi connectivity index (χ0v) is 17.0. The van der Waals surface area contributed by atoms with Gasteiger partial charge in [-0.05, 0) is 49.3 Å². The zero-order chi connectivity index (χ0) is 20.9. The lowest BCUT2D eigenvalue weighted by molar-refractivity contribution is -0.137. The van der Waals surface area contributed by atoms with Gasteiger partial charge in [-0.1, -0.05) is 20.8 Å². The zero-order valence-electron chi connectivity index (χ0n) is 16.2. The highest BCUT2D eigenvalue weighted by Gasteiger charge is 2.35. The molecule has 1 heterocycles. The summed E-state index contributed by atoms with van der Waals surface area (Å²) in [6.07, 6.45) is -2.59. The quantitative estimate of drug-likeness (QED) is 0.614. The van der Waals surface area contributed by atoms with Crippen molar-refractivity contribution in [1.82, 2.24) is 4.57 Å². The molecule has 0 atom stereocenters. The Bertz CT molecular complexity index is 976. The molecule has 1 aromatic carbocycles. The summed E-state index contributed by atoms with van der Waals surface area (Å²) in [7, 11) is 0. The first-order chi connectivity index (χ1) is 12.9. The van der Waals surface area contributed by atoms with Crippen molar-refractivity contribution in [3.63, 3.8) is 0 Å². The van der Waals surface area contributed by atoms with E-state index in [0.29, 0.717) is 35.5 Å². The molecule has 152 valence electrons. The molecule has 0 N–H and O–H groups in total. The van der Waals surface area contributed by atoms with Crippen molar-refractivity contribution < 1.29 is 22.4 Å². The van der Waals surface area contributed by atoms with E-state index in [2.05, 4.69) is 4.99 Å². The molecule has 1 aromatic heterocycles. The topological polar surface area (TPSA) is 34.4 Å². The molecule has 1 aliphatic carbocycles. The Morgan fingerprint density at radius 3 is 2.43 bits per heavy atom. The summed E-state index contributed by atoms with van der Waals surface area (Å²) in [5.41, 5.74) is -1.17. The molecule has 1 aliphatic rings. The summed E-state index contributed by atoms with van der Waals surface area (Å²) >= 11 is 1.30. The van der Waals surface area contributed by atoms with Gasteiger partial charge in [0.15, 0.2) is 4.80 Å². The lowest BCUT2D eigenvalue weighted by Gasteiger charge is -2.17. The fraction of sp³-hybridized carbons (Fsp3) is 0.500. The number of rotatable bonds is 3. The molecule has 8 heteroatoms. The Morgan fingerprint density at radius 1 is 1.25 bits per heavy atom. The molecular formula is C20H22F4N2OS. The number of aromatic nitrogens is 1. The Labute approximate surface area is 164 Å². The van der Waals surface area contributed by atoms with E-state index in [1.54, 1.807) is 0 Å². The lowest BCUT2D eigenvalue weighted by atomic mass is 9.93. The highest BCUT2D eigenvalue weighted by atomic mass is 32.1. The third-order valence-corrected chi connectivity index (χ3v) is 6.30. The second kappa shape index (κ2) is 7.13. The molecule has 0 spiro atoms. The first kappa shape index (κ1) is 20.8. The van der Waals surface area contributed by atoms with Gasteiger partial charge in [0.25, 0.3) is 5.91 Å². The SMILES string of the molecule is Cc1c(C(C)(C)C)s/c(=N\C(=O)c2cc(F)ccc2C(F)(F)F)n1CC1CC1. The average Bonchev–Trinajstić information content (AvgIpc) is 3.32. The number of alkyl halides is 3. The van der Waals surface area contributed by atoms with E-state index in [-0.39, 0.29) is 5.41 Å². The van der Waals surface area contributed by atoms with Crippen LogP contribution < -0.4 is 4.80 Å². The second-order valence-electron chi connectivity index (χ2n) is 8.21. The van der Waals surface area contributed by atoms with E-state index in [1.807, 2.05) is 32.3 Å². The normalized spacial score (nSPS) is 15.9. The molecule has 3 rings (SSSR count). The van der Waals surface area contributed by atoms with Crippen molar-refractivity contribution >= 4 is 17.2 Å². The minimum Gasteiger partial charge on any atom is -0.320 e. The molecule has 3 nitrogen and oxygen atoms in total. The number of benzene rings is 1. The first-order valence-corrected chi connectivity index (χ1v) is 9.86. The molecule has 0 saturated heterocycles. The van der Waals surface area contributed by atoms with Gasteiger partial charge in [0.2, 0.25) is 0 Å². The summed E-state index contributed by atoms with van der Waals surface area (Å²) in [5.74, 6) is -1.50. The molecular weight excluding hydrogens is 392 g/mol. The van der Waals surface area contributed by atoms with Crippen LogP contribution in [0.3, 0.4) is 0 Å². The van der Waals surface area contributed by atoms with Crippen molar-refractivity contribution in [2.75, 3.05) is 0 Å². The van der Waals surface area contributed by atoms with Crippen molar-refractivity contribution in [2.45, 2.75) is 58.7 Å². The third kappa shape index (κ3) is 4.37. The summed E-state index contributed by atoms with van der Waals surface area (Å²) in [5, 5.41) is 0. The Balaban J connectivity index is 2.13. The fourth-order valence-corrected chi connectivity index (χ4v) is 4.32. The van der Waals surface area contributed by atoms with E-state index in [0.717, 1.165) is 23.4 Å². The number of hydrogen-bond acceptors (Lipinski definition) is 2. The van der Waals surface area contributed by atoms with Crippen LogP contribution in [0.25, 0.3) is 0 Å². The number of amides is 1. The van der Waals surface area contributed by atoms with Crippen LogP contribution in [-0.2, 0) is 18.1 Å². The maximum atomic E-state index is 13.6. The van der Waals surface area contributed by atoms with Gasteiger partial charge in [-0.3, -0.25) is 4.79 Å². The predicted octanol–water partition coefficient (Wildman–Crippen LogP) is 5.46. The largest absolute Gasteiger partial charge is 0.417 e. The van der Waals surface area contributed by atoms with E-state index in [9.17, 15) is 22.4 Å². The van der Waals surface area contributed by atoms with Crippen LogP contribution in [0.2, 0.25) is 0 Å². The van der Waals surface area contributed by atoms with Gasteiger partial charge < -0.3 is 4.57 Å². The van der Waals surface area contributed by atoms with E-state index in [1.165, 1.54) is 11.3 Å². The lowest BCUT2D eigenvalue weighted by Crippen LogP contribution is -2.21. The van der Waals surface area contributed by atoms with Crippen LogP contribution in [0, 0.1) is 18.7 Å². The van der Waals surface area contributed by atoms with Crippen molar-refractivity contribution in [1.29, 1.82) is 0 Å². The summed E-state index contributed by atoms with van der Waals surface area (Å²) in [6.45, 7) is 8.72. The number of hydrogen-bond donors (Lipinski definition) is 0. The maximum absolute atomic E-state index is 13.6. The van der Waals surface area contributed by atoms with Crippen LogP contribution >= 0.6 is 11.3 Å². The fourth-order valence-electron chi connectivity index (χ4n) is 3.13. The van der Waals surface area contributed by atoms with Crippen molar-refractivity contribution in [3.05, 3.63) is 50.5 Å². The highest BCUT2D eigenvalue weighted by molar-refractivity contribution is 7.09. The van der Waals surface area contributed by atoms with Gasteiger partial charge in [-0.25, -0.2) is 4.39 Å². The molecule has 0 bridgehead atoms. The van der Waals surface area contributed by atoms with Gasteiger partial charge in [-0.2, -0.15) is 18.2 Å². The number of carbonyl (C=O) groups is 1. The molecule has 1 fully saturated rings. The van der Waals surface area contributed by atoms with Gasteiger partial charge in [0, 0.05) is 17.1 Å². The maximum Gasteiger partial charge on any atom is 0.417 e. The first-order valence-electron chi connectivity index (χ1n) is 9.04. The minimum absolute atomic E-state index is 0.188. The third-order valence-electron chi connectivity index (χ3n) is 4.69. The van der Waals surface area contributed by atoms with Crippen LogP contribution in [0.5, 0.6) is 0 Å². The summed E-state index contributed by atoms with van der Waals surface area (Å²) < 4.78 is 55.2. The molecule has 0 aliphatic heterocycles. The van der Waals surface area contributed by atoms with Crippen LogP contribution in [0.4, 0.5) is 17.6 Å².